The van der Waals surface area contributed by atoms with Gasteiger partial charge in [0.05, 0.1) is 16.1 Å². The molecule has 1 aromatic heterocycles. The van der Waals surface area contributed by atoms with E-state index >= 15 is 0 Å². The standard InChI is InChI=1S/C19H13BrN4O5/c20-16-10-9-15(29-16)18(25)22-23-17(12-6-2-4-8-14(12)24(27)28)21-13-7-3-1-5-11(13)19(23)26/h1-10,17,21H,(H,22,25). The number of hydrogen-bond donors (Lipinski definition) is 2. The number of benzene rings is 2. The van der Waals surface area contributed by atoms with Gasteiger partial charge in [-0.15, -0.1) is 0 Å². The van der Waals surface area contributed by atoms with E-state index in [1.165, 1.54) is 24.3 Å². The first kappa shape index (κ1) is 18.7. The Morgan fingerprint density at radius 3 is 2.59 bits per heavy atom. The molecular weight excluding hydrogens is 444 g/mol. The second-order valence-corrected chi connectivity index (χ2v) is 6.91. The number of nitro groups is 1. The highest BCUT2D eigenvalue weighted by Gasteiger charge is 2.37. The summed E-state index contributed by atoms with van der Waals surface area (Å²) in [7, 11) is 0. The van der Waals surface area contributed by atoms with E-state index in [1.54, 1.807) is 36.4 Å². The Morgan fingerprint density at radius 1 is 1.14 bits per heavy atom. The summed E-state index contributed by atoms with van der Waals surface area (Å²) in [4.78, 5) is 36.7. The predicted octanol–water partition coefficient (Wildman–Crippen LogP) is 3.86. The Morgan fingerprint density at radius 2 is 1.86 bits per heavy atom. The molecule has 146 valence electrons. The van der Waals surface area contributed by atoms with Crippen LogP contribution < -0.4 is 10.7 Å². The summed E-state index contributed by atoms with van der Waals surface area (Å²) < 4.78 is 5.59. The van der Waals surface area contributed by atoms with E-state index < -0.39 is 22.9 Å². The van der Waals surface area contributed by atoms with Crippen molar-refractivity contribution in [2.24, 2.45) is 0 Å². The number of furan rings is 1. The van der Waals surface area contributed by atoms with Gasteiger partial charge in [0.15, 0.2) is 16.6 Å². The summed E-state index contributed by atoms with van der Waals surface area (Å²) in [6.07, 6.45) is -0.999. The molecule has 9 nitrogen and oxygen atoms in total. The molecule has 2 aromatic carbocycles. The Balaban J connectivity index is 1.78. The number of nitro benzene ring substituents is 1. The van der Waals surface area contributed by atoms with Crippen LogP contribution in [0.3, 0.4) is 0 Å². The third-order valence-corrected chi connectivity index (χ3v) is 4.80. The van der Waals surface area contributed by atoms with Gasteiger partial charge in [-0.2, -0.15) is 0 Å². The van der Waals surface area contributed by atoms with Crippen molar-refractivity contribution in [1.29, 1.82) is 0 Å². The molecular formula is C19H13BrN4O5. The van der Waals surface area contributed by atoms with Crippen LogP contribution in [0.25, 0.3) is 0 Å². The molecule has 0 aliphatic carbocycles. The zero-order valence-electron chi connectivity index (χ0n) is 14.7. The third kappa shape index (κ3) is 3.45. The largest absolute Gasteiger partial charge is 0.444 e. The van der Waals surface area contributed by atoms with Crippen molar-refractivity contribution in [3.05, 3.63) is 92.3 Å². The minimum absolute atomic E-state index is 0.0233. The van der Waals surface area contributed by atoms with Gasteiger partial charge in [-0.25, -0.2) is 5.01 Å². The molecule has 3 aromatic rings. The van der Waals surface area contributed by atoms with Crippen molar-refractivity contribution in [1.82, 2.24) is 10.4 Å². The van der Waals surface area contributed by atoms with Gasteiger partial charge in [0.25, 0.3) is 11.6 Å². The molecule has 1 unspecified atom stereocenters. The maximum atomic E-state index is 13.1. The number of halogens is 1. The van der Waals surface area contributed by atoms with E-state index in [9.17, 15) is 19.7 Å². The first-order valence-electron chi connectivity index (χ1n) is 8.44. The van der Waals surface area contributed by atoms with Crippen LogP contribution in [0.5, 0.6) is 0 Å². The van der Waals surface area contributed by atoms with Gasteiger partial charge < -0.3 is 9.73 Å². The molecule has 2 heterocycles. The quantitative estimate of drug-likeness (QED) is 0.454. The van der Waals surface area contributed by atoms with Gasteiger partial charge in [-0.1, -0.05) is 24.3 Å². The van der Waals surface area contributed by atoms with Crippen LogP contribution in [0.2, 0.25) is 0 Å². The lowest BCUT2D eigenvalue weighted by Gasteiger charge is -2.37. The monoisotopic (exact) mass is 456 g/mol. The molecule has 29 heavy (non-hydrogen) atoms. The molecule has 1 aliphatic rings. The summed E-state index contributed by atoms with van der Waals surface area (Å²) >= 11 is 3.12. The van der Waals surface area contributed by atoms with Crippen LogP contribution in [-0.4, -0.2) is 21.7 Å². The number of para-hydroxylation sites is 2. The van der Waals surface area contributed by atoms with Crippen molar-refractivity contribution in [2.75, 3.05) is 5.32 Å². The Labute approximate surface area is 172 Å². The van der Waals surface area contributed by atoms with Gasteiger partial charge in [0.1, 0.15) is 0 Å². The highest BCUT2D eigenvalue weighted by molar-refractivity contribution is 9.10. The Hall–Kier alpha value is -3.66. The van der Waals surface area contributed by atoms with Crippen molar-refractivity contribution in [3.8, 4) is 0 Å². The molecule has 1 atom stereocenters. The summed E-state index contributed by atoms with van der Waals surface area (Å²) in [5, 5.41) is 15.6. The average molecular weight is 457 g/mol. The lowest BCUT2D eigenvalue weighted by Crippen LogP contribution is -2.52. The highest BCUT2D eigenvalue weighted by atomic mass is 79.9. The minimum Gasteiger partial charge on any atom is -0.444 e. The van der Waals surface area contributed by atoms with Crippen LogP contribution in [0.15, 0.2) is 69.8 Å². The lowest BCUT2D eigenvalue weighted by molar-refractivity contribution is -0.385. The molecule has 0 fully saturated rings. The van der Waals surface area contributed by atoms with Crippen LogP contribution in [0.4, 0.5) is 11.4 Å². The van der Waals surface area contributed by atoms with E-state index in [0.717, 1.165) is 5.01 Å². The molecule has 0 spiro atoms. The number of anilines is 1. The zero-order valence-corrected chi connectivity index (χ0v) is 16.3. The van der Waals surface area contributed by atoms with Crippen LogP contribution in [-0.2, 0) is 0 Å². The zero-order chi connectivity index (χ0) is 20.5. The van der Waals surface area contributed by atoms with Gasteiger partial charge in [-0.3, -0.25) is 25.1 Å². The summed E-state index contributed by atoms with van der Waals surface area (Å²) in [6, 6.07) is 15.7. The number of carbonyl (C=O) groups excluding carboxylic acids is 2. The predicted molar refractivity (Wildman–Crippen MR) is 106 cm³/mol. The first-order chi connectivity index (χ1) is 14.0. The smallest absolute Gasteiger partial charge is 0.305 e. The fraction of sp³-hybridized carbons (Fsp3) is 0.0526. The number of nitrogens with one attached hydrogen (secondary N) is 2. The van der Waals surface area contributed by atoms with Crippen molar-refractivity contribution >= 4 is 39.1 Å². The third-order valence-electron chi connectivity index (χ3n) is 4.37. The highest BCUT2D eigenvalue weighted by Crippen LogP contribution is 2.35. The van der Waals surface area contributed by atoms with Crippen LogP contribution >= 0.6 is 15.9 Å². The van der Waals surface area contributed by atoms with Crippen molar-refractivity contribution in [2.45, 2.75) is 6.17 Å². The molecule has 10 heteroatoms. The second kappa shape index (κ2) is 7.40. The maximum absolute atomic E-state index is 13.1. The van der Waals surface area contributed by atoms with Crippen LogP contribution in [0, 0.1) is 10.1 Å². The number of hydrogen-bond acceptors (Lipinski definition) is 6. The number of fused-ring (bicyclic) bond motifs is 1. The average Bonchev–Trinajstić information content (AvgIpc) is 3.16. The lowest BCUT2D eigenvalue weighted by atomic mass is 10.0. The van der Waals surface area contributed by atoms with E-state index in [0.29, 0.717) is 15.9 Å². The fourth-order valence-electron chi connectivity index (χ4n) is 3.07. The van der Waals surface area contributed by atoms with Gasteiger partial charge >= 0.3 is 5.91 Å². The molecule has 0 saturated heterocycles. The molecule has 2 amide bonds. The van der Waals surface area contributed by atoms with E-state index in [-0.39, 0.29) is 17.0 Å². The number of nitrogens with zero attached hydrogens (tertiary/aromatic N) is 2. The fourth-order valence-corrected chi connectivity index (χ4v) is 3.38. The normalized spacial score (nSPS) is 15.4. The second-order valence-electron chi connectivity index (χ2n) is 6.13. The number of rotatable bonds is 4. The Bertz CT molecular complexity index is 1130. The van der Waals surface area contributed by atoms with E-state index in [2.05, 4.69) is 26.7 Å². The first-order valence-corrected chi connectivity index (χ1v) is 9.24. The van der Waals surface area contributed by atoms with Crippen LogP contribution in [0.1, 0.15) is 32.6 Å². The maximum Gasteiger partial charge on any atom is 0.305 e. The Kier molecular flexibility index (Phi) is 4.77. The molecule has 0 radical (unpaired) electrons. The summed E-state index contributed by atoms with van der Waals surface area (Å²) in [5.74, 6) is -1.21. The van der Waals surface area contributed by atoms with Crippen molar-refractivity contribution < 1.29 is 18.9 Å². The topological polar surface area (TPSA) is 118 Å². The summed E-state index contributed by atoms with van der Waals surface area (Å²) in [5.41, 5.74) is 3.37. The van der Waals surface area contributed by atoms with Gasteiger partial charge in [-0.05, 0) is 46.3 Å². The number of carbonyl (C=O) groups is 2. The molecule has 4 rings (SSSR count). The van der Waals surface area contributed by atoms with Gasteiger partial charge in [0, 0.05) is 11.8 Å². The minimum atomic E-state index is -0.999. The SMILES string of the molecule is O=C(NN1C(=O)c2ccccc2NC1c1ccccc1[N+](=O)[O-])c1ccc(Br)o1. The number of hydrazine groups is 1. The number of amides is 2. The molecule has 2 N–H and O–H groups in total. The van der Waals surface area contributed by atoms with Gasteiger partial charge in [0.2, 0.25) is 0 Å². The summed E-state index contributed by atoms with van der Waals surface area (Å²) in [6.45, 7) is 0. The van der Waals surface area contributed by atoms with E-state index in [4.69, 9.17) is 4.42 Å². The van der Waals surface area contributed by atoms with E-state index in [1.807, 2.05) is 0 Å². The molecule has 0 bridgehead atoms. The van der Waals surface area contributed by atoms with Crippen molar-refractivity contribution in [3.63, 3.8) is 0 Å². The molecule has 0 saturated carbocycles. The molecule has 1 aliphatic heterocycles.